The molecule has 0 aliphatic rings. The molecule has 9 heavy (non-hydrogen) atoms. The largest absolute Gasteiger partial charge is 0.391 e. The van der Waals surface area contributed by atoms with E-state index in [4.69, 9.17) is 21.7 Å². The van der Waals surface area contributed by atoms with E-state index in [-0.39, 0.29) is 6.42 Å². The second-order valence-corrected chi connectivity index (χ2v) is 2.21. The highest BCUT2D eigenvalue weighted by Gasteiger charge is 2.11. The van der Waals surface area contributed by atoms with Gasteiger partial charge in [-0.25, -0.2) is 0 Å². The maximum atomic E-state index is 8.89. The maximum absolute atomic E-state index is 8.89. The molecule has 4 heteroatoms. The summed E-state index contributed by atoms with van der Waals surface area (Å²) in [5, 5.41) is 17.6. The normalized spacial score (nSPS) is 18.0. The molecule has 56 valence electrons. The van der Waals surface area contributed by atoms with Gasteiger partial charge in [-0.3, -0.25) is 0 Å². The van der Waals surface area contributed by atoms with Crippen LogP contribution in [-0.4, -0.2) is 28.6 Å². The third-order valence-electron chi connectivity index (χ3n) is 1.07. The van der Waals surface area contributed by atoms with E-state index in [1.165, 1.54) is 6.92 Å². The predicted molar refractivity (Wildman–Crippen MR) is 34.5 cm³/mol. The van der Waals surface area contributed by atoms with E-state index < -0.39 is 18.4 Å². The highest BCUT2D eigenvalue weighted by atomic mass is 16.3. The van der Waals surface area contributed by atoms with Crippen LogP contribution in [0.15, 0.2) is 0 Å². The van der Waals surface area contributed by atoms with Crippen molar-refractivity contribution in [3.05, 3.63) is 0 Å². The van der Waals surface area contributed by atoms with Crippen molar-refractivity contribution in [2.75, 3.05) is 0 Å². The quantitative estimate of drug-likeness (QED) is 0.348. The minimum atomic E-state index is -0.801. The van der Waals surface area contributed by atoms with Gasteiger partial charge in [0.05, 0.1) is 18.4 Å². The molecule has 0 fully saturated rings. The average Bonchev–Trinajstić information content (AvgIpc) is 1.63. The van der Waals surface area contributed by atoms with Crippen molar-refractivity contribution < 1.29 is 10.2 Å². The fourth-order valence-electron chi connectivity index (χ4n) is 0.476. The molecule has 0 aromatic carbocycles. The van der Waals surface area contributed by atoms with Crippen LogP contribution in [0, 0.1) is 0 Å². The molecule has 0 saturated carbocycles. The van der Waals surface area contributed by atoms with Crippen molar-refractivity contribution in [1.82, 2.24) is 0 Å². The summed E-state index contributed by atoms with van der Waals surface area (Å²) in [6.07, 6.45) is -1.86. The molecule has 0 aromatic rings. The fraction of sp³-hybridized carbons (Fsp3) is 1.00. The maximum Gasteiger partial charge on any atom is 0.0823 e. The van der Waals surface area contributed by atoms with Crippen LogP contribution in [0.2, 0.25) is 0 Å². The molecule has 0 bridgehead atoms. The van der Waals surface area contributed by atoms with E-state index in [1.807, 2.05) is 0 Å². The highest BCUT2D eigenvalue weighted by molar-refractivity contribution is 4.65. The lowest BCUT2D eigenvalue weighted by molar-refractivity contribution is 0.0225. The summed E-state index contributed by atoms with van der Waals surface area (Å²) in [7, 11) is 0. The van der Waals surface area contributed by atoms with Gasteiger partial charge < -0.3 is 21.7 Å². The van der Waals surface area contributed by atoms with Crippen molar-refractivity contribution in [3.8, 4) is 0 Å². The molecule has 0 amide bonds. The van der Waals surface area contributed by atoms with Gasteiger partial charge in [-0.15, -0.1) is 0 Å². The smallest absolute Gasteiger partial charge is 0.0823 e. The predicted octanol–water partition coefficient (Wildman–Crippen LogP) is -1.64. The molecular weight excluding hydrogens is 120 g/mol. The zero-order valence-electron chi connectivity index (χ0n) is 5.49. The highest BCUT2D eigenvalue weighted by Crippen LogP contribution is 1.97. The Bertz CT molecular complexity index is 75.4. The summed E-state index contributed by atoms with van der Waals surface area (Å²) < 4.78 is 0. The van der Waals surface area contributed by atoms with Crippen LogP contribution in [0.25, 0.3) is 0 Å². The zero-order valence-corrected chi connectivity index (χ0v) is 5.49. The van der Waals surface area contributed by atoms with Gasteiger partial charge in [0.25, 0.3) is 0 Å². The van der Waals surface area contributed by atoms with Gasteiger partial charge in [0, 0.05) is 6.42 Å². The second kappa shape index (κ2) is 3.79. The van der Waals surface area contributed by atoms with E-state index in [0.717, 1.165) is 0 Å². The minimum Gasteiger partial charge on any atom is -0.391 e. The Kier molecular flexibility index (Phi) is 3.72. The van der Waals surface area contributed by atoms with Crippen LogP contribution in [0.3, 0.4) is 0 Å². The van der Waals surface area contributed by atoms with Gasteiger partial charge >= 0.3 is 0 Å². The lowest BCUT2D eigenvalue weighted by Crippen LogP contribution is -2.38. The van der Waals surface area contributed by atoms with Crippen LogP contribution in [0.4, 0.5) is 0 Å². The third-order valence-corrected chi connectivity index (χ3v) is 1.07. The molecule has 0 aromatic heterocycles. The molecule has 4 nitrogen and oxygen atoms in total. The van der Waals surface area contributed by atoms with Gasteiger partial charge in [-0.1, -0.05) is 0 Å². The average molecular weight is 134 g/mol. The Hall–Kier alpha value is -0.160. The topological polar surface area (TPSA) is 92.5 Å². The van der Waals surface area contributed by atoms with Gasteiger partial charge in [0.1, 0.15) is 0 Å². The lowest BCUT2D eigenvalue weighted by atomic mass is 10.1. The number of aliphatic hydroxyl groups excluding tert-OH is 2. The Labute approximate surface area is 54.5 Å². The Morgan fingerprint density at radius 2 is 1.78 bits per heavy atom. The number of hydrogen-bond donors (Lipinski definition) is 4. The SMILES string of the molecule is CC(O)C(O)CC(N)N. The van der Waals surface area contributed by atoms with Gasteiger partial charge in [0.15, 0.2) is 0 Å². The Morgan fingerprint density at radius 3 is 1.89 bits per heavy atom. The van der Waals surface area contributed by atoms with Crippen LogP contribution in [0.5, 0.6) is 0 Å². The number of rotatable bonds is 3. The van der Waals surface area contributed by atoms with Crippen LogP contribution < -0.4 is 11.5 Å². The monoisotopic (exact) mass is 134 g/mol. The molecular formula is C5H14N2O2. The second-order valence-electron chi connectivity index (χ2n) is 2.21. The van der Waals surface area contributed by atoms with Crippen LogP contribution >= 0.6 is 0 Å². The third kappa shape index (κ3) is 4.35. The summed E-state index contributed by atoms with van der Waals surface area (Å²) in [5.41, 5.74) is 10.3. The number of hydrogen-bond acceptors (Lipinski definition) is 4. The summed E-state index contributed by atoms with van der Waals surface area (Å²) in [5.74, 6) is 0. The van der Waals surface area contributed by atoms with Crippen LogP contribution in [-0.2, 0) is 0 Å². The van der Waals surface area contributed by atoms with Crippen LogP contribution in [0.1, 0.15) is 13.3 Å². The van der Waals surface area contributed by atoms with Crippen molar-refractivity contribution in [1.29, 1.82) is 0 Å². The fourth-order valence-corrected chi connectivity index (χ4v) is 0.476. The molecule has 0 heterocycles. The molecule has 0 aliphatic heterocycles. The Morgan fingerprint density at radius 1 is 1.33 bits per heavy atom. The van der Waals surface area contributed by atoms with E-state index >= 15 is 0 Å². The van der Waals surface area contributed by atoms with Crippen molar-refractivity contribution in [2.24, 2.45) is 11.5 Å². The number of nitrogens with two attached hydrogens (primary N) is 2. The first-order valence-electron chi connectivity index (χ1n) is 2.91. The molecule has 2 atom stereocenters. The summed E-state index contributed by atoms with van der Waals surface area (Å²) in [6, 6.07) is 0. The van der Waals surface area contributed by atoms with E-state index in [0.29, 0.717) is 0 Å². The molecule has 2 unspecified atom stereocenters. The first-order chi connectivity index (χ1) is 4.04. The van der Waals surface area contributed by atoms with E-state index in [9.17, 15) is 0 Å². The van der Waals surface area contributed by atoms with Gasteiger partial charge in [0.2, 0.25) is 0 Å². The van der Waals surface area contributed by atoms with E-state index in [2.05, 4.69) is 0 Å². The molecule has 0 radical (unpaired) electrons. The van der Waals surface area contributed by atoms with Crippen molar-refractivity contribution in [3.63, 3.8) is 0 Å². The number of aliphatic hydroxyl groups is 2. The summed E-state index contributed by atoms with van der Waals surface area (Å²) in [4.78, 5) is 0. The Balaban J connectivity index is 3.38. The van der Waals surface area contributed by atoms with Gasteiger partial charge in [-0.2, -0.15) is 0 Å². The lowest BCUT2D eigenvalue weighted by Gasteiger charge is -2.14. The van der Waals surface area contributed by atoms with Crippen molar-refractivity contribution in [2.45, 2.75) is 31.7 Å². The first-order valence-corrected chi connectivity index (χ1v) is 2.91. The standard InChI is InChI=1S/C5H14N2O2/c1-3(8)4(9)2-5(6)7/h3-5,8-9H,2,6-7H2,1H3. The zero-order chi connectivity index (χ0) is 7.44. The summed E-state index contributed by atoms with van der Waals surface area (Å²) in [6.45, 7) is 1.49. The summed E-state index contributed by atoms with van der Waals surface area (Å²) >= 11 is 0. The van der Waals surface area contributed by atoms with E-state index in [1.54, 1.807) is 0 Å². The van der Waals surface area contributed by atoms with Crippen molar-refractivity contribution >= 4 is 0 Å². The molecule has 0 rings (SSSR count). The molecule has 0 aliphatic carbocycles. The molecule has 0 saturated heterocycles. The first kappa shape index (κ1) is 8.84. The molecule has 0 spiro atoms. The molecule has 6 N–H and O–H groups in total. The van der Waals surface area contributed by atoms with Gasteiger partial charge in [-0.05, 0) is 6.92 Å². The minimum absolute atomic E-state index is 0.234.